The van der Waals surface area contributed by atoms with Crippen LogP contribution in [0.25, 0.3) is 22.2 Å². The molecule has 6 nitrogen and oxygen atoms in total. The lowest BCUT2D eigenvalue weighted by molar-refractivity contribution is -0.108. The van der Waals surface area contributed by atoms with Crippen molar-refractivity contribution in [3.05, 3.63) is 41.8 Å². The van der Waals surface area contributed by atoms with E-state index in [2.05, 4.69) is 14.9 Å². The zero-order chi connectivity index (χ0) is 18.1. The summed E-state index contributed by atoms with van der Waals surface area (Å²) in [4.78, 5) is 22.2. The summed E-state index contributed by atoms with van der Waals surface area (Å²) in [5.74, 6) is 0.821. The summed E-state index contributed by atoms with van der Waals surface area (Å²) < 4.78 is 1.82. The van der Waals surface area contributed by atoms with Gasteiger partial charge in [-0.1, -0.05) is 29.8 Å². The molecule has 1 saturated heterocycles. The fourth-order valence-electron chi connectivity index (χ4n) is 3.53. The van der Waals surface area contributed by atoms with Gasteiger partial charge in [0.2, 0.25) is 0 Å². The Hall–Kier alpha value is -2.44. The summed E-state index contributed by atoms with van der Waals surface area (Å²) in [6, 6.07) is 7.63. The van der Waals surface area contributed by atoms with Crippen molar-refractivity contribution in [3.8, 4) is 11.1 Å². The molecule has 26 heavy (non-hydrogen) atoms. The molecular weight excluding hydrogens is 352 g/mol. The number of hydrogen-bond donors (Lipinski definition) is 1. The average molecular weight is 371 g/mol. The number of carbonyl (C=O) groups is 1. The van der Waals surface area contributed by atoms with Crippen LogP contribution in [0, 0.1) is 0 Å². The second kappa shape index (κ2) is 7.05. The number of piperidine rings is 1. The number of rotatable bonds is 4. The van der Waals surface area contributed by atoms with Crippen molar-refractivity contribution in [1.29, 1.82) is 0 Å². The van der Waals surface area contributed by atoms with Crippen molar-refractivity contribution in [2.45, 2.75) is 25.5 Å². The van der Waals surface area contributed by atoms with E-state index in [9.17, 15) is 9.90 Å². The van der Waals surface area contributed by atoms with Gasteiger partial charge in [-0.25, -0.2) is 9.97 Å². The molecule has 1 aliphatic heterocycles. The first-order valence-electron chi connectivity index (χ1n) is 8.64. The van der Waals surface area contributed by atoms with Crippen LogP contribution in [0.2, 0.25) is 5.02 Å². The minimum atomic E-state index is -0.258. The number of anilines is 1. The van der Waals surface area contributed by atoms with Crippen molar-refractivity contribution in [3.63, 3.8) is 0 Å². The van der Waals surface area contributed by atoms with Gasteiger partial charge in [0.1, 0.15) is 24.1 Å². The maximum atomic E-state index is 11.1. The minimum Gasteiger partial charge on any atom is -0.393 e. The number of halogens is 1. The van der Waals surface area contributed by atoms with Gasteiger partial charge in [0.25, 0.3) is 0 Å². The molecule has 2 aromatic heterocycles. The number of benzene rings is 1. The Morgan fingerprint density at radius 1 is 1.19 bits per heavy atom. The highest BCUT2D eigenvalue weighted by atomic mass is 35.5. The van der Waals surface area contributed by atoms with E-state index in [1.165, 1.54) is 6.33 Å². The number of aromatic nitrogens is 3. The molecule has 0 aliphatic carbocycles. The molecule has 0 atom stereocenters. The molecule has 0 spiro atoms. The molecular formula is C19H19ClN4O2. The molecule has 7 heteroatoms. The Bertz CT molecular complexity index is 948. The number of aliphatic hydroxyl groups excluding tert-OH is 1. The number of hydrogen-bond acceptors (Lipinski definition) is 5. The smallest absolute Gasteiger partial charge is 0.146 e. The van der Waals surface area contributed by atoms with E-state index in [1.54, 1.807) is 0 Å². The standard InChI is InChI=1S/C19H19ClN4O2/c20-16-4-2-1-3-14(16)15-11-24(9-10-25)19-17(15)18(21-12-22-19)23-7-5-13(26)6-8-23/h1-4,10-13,26H,5-9H2. The van der Waals surface area contributed by atoms with Crippen LogP contribution < -0.4 is 4.90 Å². The number of carbonyl (C=O) groups excluding carboxylic acids is 1. The summed E-state index contributed by atoms with van der Waals surface area (Å²) in [5.41, 5.74) is 2.51. The minimum absolute atomic E-state index is 0.218. The van der Waals surface area contributed by atoms with Gasteiger partial charge < -0.3 is 19.4 Å². The van der Waals surface area contributed by atoms with E-state index < -0.39 is 0 Å². The molecule has 0 amide bonds. The van der Waals surface area contributed by atoms with Gasteiger partial charge in [0.05, 0.1) is 18.0 Å². The molecule has 1 aromatic carbocycles. The summed E-state index contributed by atoms with van der Waals surface area (Å²) in [5, 5.41) is 11.3. The van der Waals surface area contributed by atoms with Crippen molar-refractivity contribution < 1.29 is 9.90 Å². The lowest BCUT2D eigenvalue weighted by atomic mass is 10.0. The molecule has 4 rings (SSSR count). The highest BCUT2D eigenvalue weighted by molar-refractivity contribution is 6.33. The van der Waals surface area contributed by atoms with E-state index in [1.807, 2.05) is 35.0 Å². The van der Waals surface area contributed by atoms with Crippen LogP contribution >= 0.6 is 11.6 Å². The zero-order valence-electron chi connectivity index (χ0n) is 14.2. The Kier molecular flexibility index (Phi) is 4.61. The first-order valence-corrected chi connectivity index (χ1v) is 9.02. The second-order valence-corrected chi connectivity index (χ2v) is 6.86. The fraction of sp³-hybridized carbons (Fsp3) is 0.316. The van der Waals surface area contributed by atoms with Crippen LogP contribution in [-0.2, 0) is 11.3 Å². The summed E-state index contributed by atoms with van der Waals surface area (Å²) in [7, 11) is 0. The lowest BCUT2D eigenvalue weighted by Gasteiger charge is -2.31. The van der Waals surface area contributed by atoms with Crippen molar-refractivity contribution in [1.82, 2.24) is 14.5 Å². The summed E-state index contributed by atoms with van der Waals surface area (Å²) >= 11 is 6.44. The van der Waals surface area contributed by atoms with E-state index in [0.717, 1.165) is 41.7 Å². The molecule has 3 aromatic rings. The van der Waals surface area contributed by atoms with E-state index in [-0.39, 0.29) is 12.6 Å². The van der Waals surface area contributed by atoms with Gasteiger partial charge >= 0.3 is 0 Å². The maximum Gasteiger partial charge on any atom is 0.146 e. The highest BCUT2D eigenvalue weighted by Gasteiger charge is 2.24. The van der Waals surface area contributed by atoms with Crippen LogP contribution in [-0.4, -0.2) is 45.1 Å². The number of fused-ring (bicyclic) bond motifs is 1. The fourth-order valence-corrected chi connectivity index (χ4v) is 3.77. The third kappa shape index (κ3) is 2.95. The predicted molar refractivity (Wildman–Crippen MR) is 101 cm³/mol. The third-order valence-corrected chi connectivity index (χ3v) is 5.16. The van der Waals surface area contributed by atoms with Gasteiger partial charge in [-0.2, -0.15) is 0 Å². The van der Waals surface area contributed by atoms with Crippen molar-refractivity contribution in [2.75, 3.05) is 18.0 Å². The average Bonchev–Trinajstić information content (AvgIpc) is 3.02. The van der Waals surface area contributed by atoms with E-state index in [0.29, 0.717) is 23.5 Å². The zero-order valence-corrected chi connectivity index (χ0v) is 14.9. The van der Waals surface area contributed by atoms with Gasteiger partial charge in [0.15, 0.2) is 0 Å². The normalized spacial score (nSPS) is 15.5. The molecule has 1 N–H and O–H groups in total. The Morgan fingerprint density at radius 2 is 1.96 bits per heavy atom. The molecule has 0 bridgehead atoms. The molecule has 0 unspecified atom stereocenters. The predicted octanol–water partition coefficient (Wildman–Crippen LogP) is 2.91. The Balaban J connectivity index is 1.93. The first-order chi connectivity index (χ1) is 12.7. The molecule has 134 valence electrons. The summed E-state index contributed by atoms with van der Waals surface area (Å²) in [6.07, 6.45) is 5.46. The van der Waals surface area contributed by atoms with Crippen LogP contribution in [0.1, 0.15) is 12.8 Å². The van der Waals surface area contributed by atoms with Crippen LogP contribution in [0.3, 0.4) is 0 Å². The molecule has 3 heterocycles. The number of aldehydes is 1. The molecule has 1 fully saturated rings. The monoisotopic (exact) mass is 370 g/mol. The van der Waals surface area contributed by atoms with E-state index in [4.69, 9.17) is 11.6 Å². The second-order valence-electron chi connectivity index (χ2n) is 6.46. The first kappa shape index (κ1) is 17.0. The van der Waals surface area contributed by atoms with Crippen molar-refractivity contribution >= 4 is 34.7 Å². The Labute approximate surface area is 156 Å². The van der Waals surface area contributed by atoms with Crippen LogP contribution in [0.15, 0.2) is 36.8 Å². The number of aliphatic hydroxyl groups is 1. The summed E-state index contributed by atoms with van der Waals surface area (Å²) in [6.45, 7) is 1.68. The molecule has 0 radical (unpaired) electrons. The maximum absolute atomic E-state index is 11.1. The Morgan fingerprint density at radius 3 is 2.69 bits per heavy atom. The SMILES string of the molecule is O=CCn1cc(-c2ccccc2Cl)c2c(N3CCC(O)CC3)ncnc21. The molecule has 1 aliphatic rings. The number of nitrogens with zero attached hydrogens (tertiary/aromatic N) is 4. The van der Waals surface area contributed by atoms with Crippen molar-refractivity contribution in [2.24, 2.45) is 0 Å². The lowest BCUT2D eigenvalue weighted by Crippen LogP contribution is -2.36. The third-order valence-electron chi connectivity index (χ3n) is 4.83. The topological polar surface area (TPSA) is 71.2 Å². The van der Waals surface area contributed by atoms with Gasteiger partial charge in [-0.05, 0) is 18.9 Å². The van der Waals surface area contributed by atoms with Gasteiger partial charge in [0, 0.05) is 35.4 Å². The van der Waals surface area contributed by atoms with Crippen LogP contribution in [0.5, 0.6) is 0 Å². The quantitative estimate of drug-likeness (QED) is 0.715. The molecule has 0 saturated carbocycles. The van der Waals surface area contributed by atoms with E-state index >= 15 is 0 Å². The van der Waals surface area contributed by atoms with Gasteiger partial charge in [-0.3, -0.25) is 0 Å². The largest absolute Gasteiger partial charge is 0.393 e. The van der Waals surface area contributed by atoms with Gasteiger partial charge in [-0.15, -0.1) is 0 Å². The van der Waals surface area contributed by atoms with Crippen LogP contribution in [0.4, 0.5) is 5.82 Å². The highest BCUT2D eigenvalue weighted by Crippen LogP contribution is 2.38.